The minimum Gasteiger partial charge on any atom is -0.351 e. The molecule has 9 heteroatoms. The second kappa shape index (κ2) is 9.52. The molecule has 0 unspecified atom stereocenters. The highest BCUT2D eigenvalue weighted by Gasteiger charge is 2.13. The lowest BCUT2D eigenvalue weighted by atomic mass is 10.1. The van der Waals surface area contributed by atoms with Crippen LogP contribution in [0.2, 0.25) is 5.02 Å². The monoisotopic (exact) mass is 411 g/mol. The summed E-state index contributed by atoms with van der Waals surface area (Å²) < 4.78 is 0. The Morgan fingerprint density at radius 2 is 1.66 bits per heavy atom. The molecule has 2 aromatic carbocycles. The number of hydrogen-bond acceptors (Lipinski definition) is 4. The van der Waals surface area contributed by atoms with Gasteiger partial charge in [0.25, 0.3) is 11.8 Å². The molecule has 3 aromatic rings. The van der Waals surface area contributed by atoms with Crippen molar-refractivity contribution in [2.24, 2.45) is 0 Å². The molecule has 4 N–H and O–H groups in total. The SMILES string of the molecule is O=C(CCNC(=O)c1ccccc1Cl)NNC(=O)c1cc(-c2ccccc2)n[nH]1. The van der Waals surface area contributed by atoms with Crippen LogP contribution in [0.4, 0.5) is 0 Å². The molecule has 0 aliphatic rings. The Kier molecular flexibility index (Phi) is 6.59. The van der Waals surface area contributed by atoms with Gasteiger partial charge in [0, 0.05) is 18.5 Å². The topological polar surface area (TPSA) is 116 Å². The summed E-state index contributed by atoms with van der Waals surface area (Å²) in [6, 6.07) is 17.6. The number of nitrogens with zero attached hydrogens (tertiary/aromatic N) is 1. The summed E-state index contributed by atoms with van der Waals surface area (Å²) in [5, 5.41) is 9.64. The van der Waals surface area contributed by atoms with E-state index in [0.29, 0.717) is 16.3 Å². The third-order valence-electron chi connectivity index (χ3n) is 3.96. The van der Waals surface area contributed by atoms with Crippen molar-refractivity contribution in [3.8, 4) is 11.3 Å². The Morgan fingerprint density at radius 3 is 2.41 bits per heavy atom. The Labute approximate surface area is 171 Å². The van der Waals surface area contributed by atoms with Gasteiger partial charge in [-0.2, -0.15) is 5.10 Å². The van der Waals surface area contributed by atoms with E-state index in [9.17, 15) is 14.4 Å². The van der Waals surface area contributed by atoms with Crippen LogP contribution >= 0.6 is 11.6 Å². The number of halogens is 1. The molecular formula is C20H18ClN5O3. The Bertz CT molecular complexity index is 1020. The lowest BCUT2D eigenvalue weighted by Crippen LogP contribution is -2.43. The average Bonchev–Trinajstić information content (AvgIpc) is 3.23. The molecule has 3 rings (SSSR count). The fourth-order valence-electron chi connectivity index (χ4n) is 2.48. The van der Waals surface area contributed by atoms with Crippen LogP contribution in [0.3, 0.4) is 0 Å². The highest BCUT2D eigenvalue weighted by Crippen LogP contribution is 2.16. The second-order valence-corrected chi connectivity index (χ2v) is 6.43. The summed E-state index contributed by atoms with van der Waals surface area (Å²) in [6.45, 7) is 0.0912. The third kappa shape index (κ3) is 5.43. The van der Waals surface area contributed by atoms with Gasteiger partial charge in [-0.3, -0.25) is 30.3 Å². The first-order valence-electron chi connectivity index (χ1n) is 8.77. The number of aromatic nitrogens is 2. The third-order valence-corrected chi connectivity index (χ3v) is 4.29. The van der Waals surface area contributed by atoms with Crippen molar-refractivity contribution in [3.63, 3.8) is 0 Å². The molecular weight excluding hydrogens is 394 g/mol. The second-order valence-electron chi connectivity index (χ2n) is 6.02. The molecule has 1 aromatic heterocycles. The molecule has 3 amide bonds. The Balaban J connectivity index is 1.42. The first-order chi connectivity index (χ1) is 14.0. The number of nitrogens with one attached hydrogen (secondary N) is 4. The van der Waals surface area contributed by atoms with Crippen molar-refractivity contribution in [1.82, 2.24) is 26.4 Å². The van der Waals surface area contributed by atoms with Crippen LogP contribution in [-0.4, -0.2) is 34.5 Å². The molecule has 0 fully saturated rings. The molecule has 0 saturated carbocycles. The van der Waals surface area contributed by atoms with E-state index in [-0.39, 0.29) is 24.6 Å². The predicted octanol–water partition coefficient (Wildman–Crippen LogP) is 2.31. The predicted molar refractivity (Wildman–Crippen MR) is 108 cm³/mol. The van der Waals surface area contributed by atoms with Crippen molar-refractivity contribution in [1.29, 1.82) is 0 Å². The van der Waals surface area contributed by atoms with E-state index in [2.05, 4.69) is 26.4 Å². The number of carbonyl (C=O) groups is 3. The summed E-state index contributed by atoms with van der Waals surface area (Å²) in [5.41, 5.74) is 6.60. The van der Waals surface area contributed by atoms with E-state index in [0.717, 1.165) is 5.56 Å². The number of rotatable bonds is 6. The first kappa shape index (κ1) is 20.1. The van der Waals surface area contributed by atoms with Crippen molar-refractivity contribution in [3.05, 3.63) is 76.9 Å². The van der Waals surface area contributed by atoms with E-state index in [1.807, 2.05) is 30.3 Å². The maximum Gasteiger partial charge on any atom is 0.287 e. The largest absolute Gasteiger partial charge is 0.351 e. The molecule has 29 heavy (non-hydrogen) atoms. The van der Waals surface area contributed by atoms with Gasteiger partial charge in [0.05, 0.1) is 16.3 Å². The van der Waals surface area contributed by atoms with Crippen LogP contribution in [0.25, 0.3) is 11.3 Å². The maximum atomic E-state index is 12.1. The van der Waals surface area contributed by atoms with Gasteiger partial charge >= 0.3 is 0 Å². The van der Waals surface area contributed by atoms with Gasteiger partial charge in [-0.05, 0) is 18.2 Å². The number of aromatic amines is 1. The van der Waals surface area contributed by atoms with Crippen LogP contribution in [0.15, 0.2) is 60.7 Å². The average molecular weight is 412 g/mol. The van der Waals surface area contributed by atoms with Gasteiger partial charge in [-0.1, -0.05) is 54.1 Å². The summed E-state index contributed by atoms with van der Waals surface area (Å²) in [4.78, 5) is 36.0. The van der Waals surface area contributed by atoms with Crippen molar-refractivity contribution < 1.29 is 14.4 Å². The molecule has 0 aliphatic carbocycles. The number of benzene rings is 2. The fraction of sp³-hybridized carbons (Fsp3) is 0.100. The standard InChI is InChI=1S/C20H18ClN5O3/c21-15-9-5-4-8-14(15)19(28)22-11-10-18(27)25-26-20(29)17-12-16(23-24-17)13-6-2-1-3-7-13/h1-9,12H,10-11H2,(H,22,28)(H,23,24)(H,25,27)(H,26,29). The van der Waals surface area contributed by atoms with Gasteiger partial charge in [-0.25, -0.2) is 0 Å². The number of hydrazine groups is 1. The van der Waals surface area contributed by atoms with Gasteiger partial charge in [0.1, 0.15) is 5.69 Å². The van der Waals surface area contributed by atoms with Gasteiger partial charge in [0.15, 0.2) is 0 Å². The van der Waals surface area contributed by atoms with Crippen LogP contribution < -0.4 is 16.2 Å². The van der Waals surface area contributed by atoms with Crippen LogP contribution in [0.1, 0.15) is 27.3 Å². The van der Waals surface area contributed by atoms with Crippen molar-refractivity contribution >= 4 is 29.3 Å². The molecule has 0 aliphatic heterocycles. The van der Waals surface area contributed by atoms with Gasteiger partial charge in [0.2, 0.25) is 5.91 Å². The molecule has 1 heterocycles. The quantitative estimate of drug-likeness (QED) is 0.466. The van der Waals surface area contributed by atoms with E-state index in [1.165, 1.54) is 0 Å². The van der Waals surface area contributed by atoms with E-state index >= 15 is 0 Å². The zero-order valence-electron chi connectivity index (χ0n) is 15.2. The summed E-state index contributed by atoms with van der Waals surface area (Å²) in [6.07, 6.45) is -0.0191. The molecule has 148 valence electrons. The smallest absolute Gasteiger partial charge is 0.287 e. The van der Waals surface area contributed by atoms with E-state index in [1.54, 1.807) is 30.3 Å². The molecule has 0 radical (unpaired) electrons. The molecule has 0 saturated heterocycles. The van der Waals surface area contributed by atoms with Crippen molar-refractivity contribution in [2.75, 3.05) is 6.54 Å². The zero-order valence-corrected chi connectivity index (χ0v) is 16.0. The maximum absolute atomic E-state index is 12.1. The number of H-pyrrole nitrogens is 1. The lowest BCUT2D eigenvalue weighted by molar-refractivity contribution is -0.121. The summed E-state index contributed by atoms with van der Waals surface area (Å²) in [5.74, 6) is -1.37. The molecule has 0 bridgehead atoms. The molecule has 0 spiro atoms. The number of hydrogen-bond donors (Lipinski definition) is 4. The fourth-order valence-corrected chi connectivity index (χ4v) is 2.70. The summed E-state index contributed by atoms with van der Waals surface area (Å²) >= 11 is 5.95. The molecule has 0 atom stereocenters. The Hall–Kier alpha value is -3.65. The minimum absolute atomic E-state index is 0.0191. The normalized spacial score (nSPS) is 10.2. The minimum atomic E-state index is -0.534. The summed E-state index contributed by atoms with van der Waals surface area (Å²) in [7, 11) is 0. The van der Waals surface area contributed by atoms with Gasteiger partial charge < -0.3 is 5.32 Å². The first-order valence-corrected chi connectivity index (χ1v) is 9.15. The Morgan fingerprint density at radius 1 is 0.931 bits per heavy atom. The molecule has 8 nitrogen and oxygen atoms in total. The van der Waals surface area contributed by atoms with E-state index < -0.39 is 11.8 Å². The van der Waals surface area contributed by atoms with Crippen LogP contribution in [-0.2, 0) is 4.79 Å². The zero-order chi connectivity index (χ0) is 20.6. The van der Waals surface area contributed by atoms with Crippen LogP contribution in [0, 0.1) is 0 Å². The number of carbonyl (C=O) groups excluding carboxylic acids is 3. The highest BCUT2D eigenvalue weighted by molar-refractivity contribution is 6.33. The van der Waals surface area contributed by atoms with Gasteiger partial charge in [-0.15, -0.1) is 0 Å². The van der Waals surface area contributed by atoms with Crippen LogP contribution in [0.5, 0.6) is 0 Å². The lowest BCUT2D eigenvalue weighted by Gasteiger charge is -2.08. The highest BCUT2D eigenvalue weighted by atomic mass is 35.5. The number of amides is 3. The van der Waals surface area contributed by atoms with E-state index in [4.69, 9.17) is 11.6 Å². The van der Waals surface area contributed by atoms with Crippen molar-refractivity contribution in [2.45, 2.75) is 6.42 Å².